The lowest BCUT2D eigenvalue weighted by Crippen LogP contribution is -2.17. The second kappa shape index (κ2) is 6.30. The highest BCUT2D eigenvalue weighted by molar-refractivity contribution is 9.10. The fourth-order valence-electron chi connectivity index (χ4n) is 2.85. The molecule has 23 heavy (non-hydrogen) atoms. The van der Waals surface area contributed by atoms with Gasteiger partial charge in [-0.1, -0.05) is 52.3 Å². The maximum Gasteiger partial charge on any atom is 0.0923 e. The molecule has 1 aliphatic heterocycles. The molecule has 2 heterocycles. The molecule has 2 nitrogen and oxygen atoms in total. The molecule has 0 saturated heterocycles. The lowest BCUT2D eigenvalue weighted by Gasteiger charge is -2.22. The summed E-state index contributed by atoms with van der Waals surface area (Å²) in [5, 5.41) is 9.23. The molecule has 4 rings (SSSR count). The molecule has 0 amide bonds. The summed E-state index contributed by atoms with van der Waals surface area (Å²) in [4.78, 5) is 1.35. The van der Waals surface area contributed by atoms with E-state index < -0.39 is 0 Å². The number of thiophene rings is 1. The smallest absolute Gasteiger partial charge is 0.0923 e. The highest BCUT2D eigenvalue weighted by Crippen LogP contribution is 2.38. The van der Waals surface area contributed by atoms with E-state index >= 15 is 0 Å². The maximum atomic E-state index is 4.94. The van der Waals surface area contributed by atoms with Gasteiger partial charge in [0.25, 0.3) is 0 Å². The van der Waals surface area contributed by atoms with Gasteiger partial charge in [-0.3, -0.25) is 5.01 Å². The van der Waals surface area contributed by atoms with Crippen LogP contribution in [0.1, 0.15) is 22.9 Å². The van der Waals surface area contributed by atoms with Gasteiger partial charge in [-0.05, 0) is 41.3 Å². The van der Waals surface area contributed by atoms with E-state index in [2.05, 4.69) is 87.0 Å². The fraction of sp³-hybridized carbons (Fsp3) is 0.105. The van der Waals surface area contributed by atoms with Crippen molar-refractivity contribution in [1.29, 1.82) is 0 Å². The first kappa shape index (κ1) is 14.7. The third kappa shape index (κ3) is 2.96. The summed E-state index contributed by atoms with van der Waals surface area (Å²) < 4.78 is 1.09. The largest absolute Gasteiger partial charge is 0.257 e. The lowest BCUT2D eigenvalue weighted by atomic mass is 10.0. The predicted molar refractivity (Wildman–Crippen MR) is 101 cm³/mol. The van der Waals surface area contributed by atoms with Crippen molar-refractivity contribution in [3.63, 3.8) is 0 Å². The van der Waals surface area contributed by atoms with Crippen LogP contribution in [-0.4, -0.2) is 5.71 Å². The molecule has 0 N–H and O–H groups in total. The summed E-state index contributed by atoms with van der Waals surface area (Å²) in [7, 11) is 0. The number of rotatable bonds is 3. The van der Waals surface area contributed by atoms with Crippen LogP contribution in [-0.2, 0) is 0 Å². The van der Waals surface area contributed by atoms with Gasteiger partial charge < -0.3 is 0 Å². The van der Waals surface area contributed by atoms with E-state index in [1.165, 1.54) is 10.4 Å². The SMILES string of the molecule is Brc1ccc(C2=NN(c3ccccc3)C(c3cccs3)C2)cc1. The van der Waals surface area contributed by atoms with E-state index in [-0.39, 0.29) is 6.04 Å². The highest BCUT2D eigenvalue weighted by atomic mass is 79.9. The summed E-state index contributed by atoms with van der Waals surface area (Å²) in [6.45, 7) is 0. The Hall–Kier alpha value is -1.91. The molecule has 114 valence electrons. The Kier molecular flexibility index (Phi) is 4.02. The average Bonchev–Trinajstić information content (AvgIpc) is 3.26. The zero-order valence-electron chi connectivity index (χ0n) is 12.4. The van der Waals surface area contributed by atoms with Crippen molar-refractivity contribution >= 4 is 38.7 Å². The van der Waals surface area contributed by atoms with Gasteiger partial charge in [-0.2, -0.15) is 5.10 Å². The first-order valence-electron chi connectivity index (χ1n) is 7.52. The van der Waals surface area contributed by atoms with Gasteiger partial charge in [0.05, 0.1) is 17.4 Å². The monoisotopic (exact) mass is 382 g/mol. The molecule has 2 aromatic carbocycles. The van der Waals surface area contributed by atoms with Crippen LogP contribution in [0.25, 0.3) is 0 Å². The van der Waals surface area contributed by atoms with Crippen molar-refractivity contribution < 1.29 is 0 Å². The minimum absolute atomic E-state index is 0.274. The van der Waals surface area contributed by atoms with Crippen LogP contribution in [0.15, 0.2) is 81.7 Å². The summed E-state index contributed by atoms with van der Waals surface area (Å²) >= 11 is 5.29. The fourth-order valence-corrected chi connectivity index (χ4v) is 3.92. The minimum Gasteiger partial charge on any atom is -0.257 e. The van der Waals surface area contributed by atoms with E-state index in [1.54, 1.807) is 11.3 Å². The summed E-state index contributed by atoms with van der Waals surface area (Å²) in [5.74, 6) is 0. The summed E-state index contributed by atoms with van der Waals surface area (Å²) in [6.07, 6.45) is 0.928. The van der Waals surface area contributed by atoms with Crippen LogP contribution >= 0.6 is 27.3 Å². The Morgan fingerprint density at radius 2 is 1.74 bits per heavy atom. The van der Waals surface area contributed by atoms with Crippen molar-refractivity contribution in [3.8, 4) is 0 Å². The first-order valence-corrected chi connectivity index (χ1v) is 9.19. The Morgan fingerprint density at radius 3 is 2.43 bits per heavy atom. The average molecular weight is 383 g/mol. The van der Waals surface area contributed by atoms with Crippen LogP contribution in [0.4, 0.5) is 5.69 Å². The van der Waals surface area contributed by atoms with Gasteiger partial charge in [-0.25, -0.2) is 0 Å². The van der Waals surface area contributed by atoms with Gasteiger partial charge in [0.1, 0.15) is 0 Å². The second-order valence-electron chi connectivity index (χ2n) is 5.47. The molecule has 0 saturated carbocycles. The molecule has 3 aromatic rings. The Bertz CT molecular complexity index is 810. The summed E-state index contributed by atoms with van der Waals surface area (Å²) in [5.41, 5.74) is 3.46. The molecule has 0 bridgehead atoms. The van der Waals surface area contributed by atoms with E-state index in [0.29, 0.717) is 0 Å². The third-order valence-corrected chi connectivity index (χ3v) is 5.48. The van der Waals surface area contributed by atoms with Crippen LogP contribution in [0.5, 0.6) is 0 Å². The van der Waals surface area contributed by atoms with E-state index in [4.69, 9.17) is 5.10 Å². The molecule has 4 heteroatoms. The van der Waals surface area contributed by atoms with E-state index in [9.17, 15) is 0 Å². The van der Waals surface area contributed by atoms with Crippen LogP contribution in [0, 0.1) is 0 Å². The predicted octanol–water partition coefficient (Wildman–Crippen LogP) is 5.87. The van der Waals surface area contributed by atoms with Crippen LogP contribution in [0.3, 0.4) is 0 Å². The third-order valence-electron chi connectivity index (χ3n) is 3.98. The zero-order valence-corrected chi connectivity index (χ0v) is 14.8. The Labute approximate surface area is 148 Å². The van der Waals surface area contributed by atoms with Gasteiger partial charge in [-0.15, -0.1) is 11.3 Å². The number of hydrogen-bond acceptors (Lipinski definition) is 3. The number of nitrogens with zero attached hydrogens (tertiary/aromatic N) is 2. The van der Waals surface area contributed by atoms with Crippen molar-refractivity contribution in [3.05, 3.63) is 87.0 Å². The molecular formula is C19H15BrN2S. The second-order valence-corrected chi connectivity index (χ2v) is 7.36. The topological polar surface area (TPSA) is 15.6 Å². The molecule has 1 atom stereocenters. The number of para-hydroxylation sites is 1. The van der Waals surface area contributed by atoms with E-state index in [1.807, 2.05) is 6.07 Å². The van der Waals surface area contributed by atoms with Gasteiger partial charge in [0.2, 0.25) is 0 Å². The minimum atomic E-state index is 0.274. The zero-order chi connectivity index (χ0) is 15.6. The number of hydrazone groups is 1. The number of benzene rings is 2. The molecule has 1 unspecified atom stereocenters. The number of halogens is 1. The molecule has 0 spiro atoms. The Morgan fingerprint density at radius 1 is 0.957 bits per heavy atom. The highest BCUT2D eigenvalue weighted by Gasteiger charge is 2.30. The maximum absolute atomic E-state index is 4.94. The Balaban J connectivity index is 1.73. The van der Waals surface area contributed by atoms with Crippen molar-refractivity contribution in [2.75, 3.05) is 5.01 Å². The van der Waals surface area contributed by atoms with Crippen LogP contribution in [0.2, 0.25) is 0 Å². The van der Waals surface area contributed by atoms with Gasteiger partial charge in [0.15, 0.2) is 0 Å². The standard InChI is InChI=1S/C19H15BrN2S/c20-15-10-8-14(9-11-15)17-13-18(19-7-4-12-23-19)22(21-17)16-5-2-1-3-6-16/h1-12,18H,13H2. The molecule has 1 aromatic heterocycles. The van der Waals surface area contributed by atoms with Gasteiger partial charge in [0, 0.05) is 15.8 Å². The molecule has 0 aliphatic carbocycles. The quantitative estimate of drug-likeness (QED) is 0.553. The molecule has 1 aliphatic rings. The number of hydrogen-bond donors (Lipinski definition) is 0. The lowest BCUT2D eigenvalue weighted by molar-refractivity contribution is 0.722. The van der Waals surface area contributed by atoms with Crippen molar-refractivity contribution in [1.82, 2.24) is 0 Å². The van der Waals surface area contributed by atoms with Crippen molar-refractivity contribution in [2.24, 2.45) is 5.10 Å². The molecule has 0 radical (unpaired) electrons. The van der Waals surface area contributed by atoms with E-state index in [0.717, 1.165) is 22.3 Å². The van der Waals surface area contributed by atoms with Crippen LogP contribution < -0.4 is 5.01 Å². The number of anilines is 1. The molecule has 0 fully saturated rings. The normalized spacial score (nSPS) is 17.3. The first-order chi connectivity index (χ1) is 11.3. The molecular weight excluding hydrogens is 368 g/mol. The van der Waals surface area contributed by atoms with Crippen molar-refractivity contribution in [2.45, 2.75) is 12.5 Å². The van der Waals surface area contributed by atoms with Gasteiger partial charge >= 0.3 is 0 Å². The summed E-state index contributed by atoms with van der Waals surface area (Å²) in [6, 6.07) is 23.4.